The van der Waals surface area contributed by atoms with E-state index in [0.29, 0.717) is 12.2 Å². The Balaban J connectivity index is 1.61. The van der Waals surface area contributed by atoms with Crippen molar-refractivity contribution in [3.8, 4) is 0 Å². The highest BCUT2D eigenvalue weighted by molar-refractivity contribution is 4.78. The Morgan fingerprint density at radius 3 is 2.05 bits per heavy atom. The maximum Gasteiger partial charge on any atom is 0.0578 e. The Labute approximate surface area is 138 Å². The molecule has 0 radical (unpaired) electrons. The van der Waals surface area contributed by atoms with Gasteiger partial charge < -0.3 is 14.5 Å². The number of likely N-dealkylation sites (N-methyl/N-ethyl adjacent to an activating group) is 1. The minimum atomic E-state index is 0.390. The van der Waals surface area contributed by atoms with E-state index >= 15 is 0 Å². The van der Waals surface area contributed by atoms with Gasteiger partial charge >= 0.3 is 0 Å². The van der Waals surface area contributed by atoms with E-state index in [9.17, 15) is 0 Å². The number of rotatable bonds is 7. The van der Waals surface area contributed by atoms with Crippen LogP contribution in [-0.2, 0) is 4.74 Å². The molecule has 3 nitrogen and oxygen atoms in total. The predicted octanol–water partition coefficient (Wildman–Crippen LogP) is 3.63. The summed E-state index contributed by atoms with van der Waals surface area (Å²) in [6.45, 7) is 16.7. The van der Waals surface area contributed by atoms with Crippen molar-refractivity contribution in [1.29, 1.82) is 0 Å². The molecule has 0 unspecified atom stereocenters. The molecule has 0 aromatic carbocycles. The van der Waals surface area contributed by atoms with Gasteiger partial charge in [0.1, 0.15) is 0 Å². The molecule has 0 bridgehead atoms. The van der Waals surface area contributed by atoms with Gasteiger partial charge in [0.05, 0.1) is 12.2 Å². The van der Waals surface area contributed by atoms with Crippen molar-refractivity contribution in [2.45, 2.75) is 72.0 Å². The molecule has 22 heavy (non-hydrogen) atoms. The molecule has 2 fully saturated rings. The Hall–Kier alpha value is -0.120. The van der Waals surface area contributed by atoms with Crippen LogP contribution in [-0.4, -0.2) is 61.3 Å². The monoisotopic (exact) mass is 310 g/mol. The van der Waals surface area contributed by atoms with Crippen LogP contribution in [0.25, 0.3) is 0 Å². The lowest BCUT2D eigenvalue weighted by Crippen LogP contribution is -2.46. The molecule has 1 saturated heterocycles. The molecule has 1 saturated carbocycles. The quantitative estimate of drug-likeness (QED) is 0.714. The summed E-state index contributed by atoms with van der Waals surface area (Å²) in [5.74, 6) is 1.81. The summed E-state index contributed by atoms with van der Waals surface area (Å²) in [4.78, 5) is 5.24. The van der Waals surface area contributed by atoms with Crippen molar-refractivity contribution in [2.24, 2.45) is 11.8 Å². The lowest BCUT2D eigenvalue weighted by Gasteiger charge is -2.36. The number of piperazine rings is 1. The minimum Gasteiger partial charge on any atom is -0.376 e. The molecule has 1 aliphatic heterocycles. The average molecular weight is 311 g/mol. The van der Waals surface area contributed by atoms with Gasteiger partial charge in [-0.25, -0.2) is 0 Å². The van der Waals surface area contributed by atoms with Crippen molar-refractivity contribution in [3.05, 3.63) is 0 Å². The van der Waals surface area contributed by atoms with E-state index in [1.54, 1.807) is 0 Å². The van der Waals surface area contributed by atoms with Crippen LogP contribution in [0.15, 0.2) is 0 Å². The Morgan fingerprint density at radius 2 is 1.50 bits per heavy atom. The number of hydrogen-bond acceptors (Lipinski definition) is 3. The fourth-order valence-electron chi connectivity index (χ4n) is 4.13. The van der Waals surface area contributed by atoms with Crippen LogP contribution in [0.5, 0.6) is 0 Å². The molecule has 3 heteroatoms. The first-order valence-corrected chi connectivity index (χ1v) is 9.68. The highest BCUT2D eigenvalue weighted by Gasteiger charge is 2.26. The molecule has 1 heterocycles. The fraction of sp³-hybridized carbons (Fsp3) is 1.00. The van der Waals surface area contributed by atoms with E-state index in [1.807, 2.05) is 0 Å². The van der Waals surface area contributed by atoms with Crippen molar-refractivity contribution in [1.82, 2.24) is 9.80 Å². The normalized spacial score (nSPS) is 29.9. The van der Waals surface area contributed by atoms with Gasteiger partial charge in [0.15, 0.2) is 0 Å². The van der Waals surface area contributed by atoms with E-state index in [2.05, 4.69) is 37.5 Å². The Bertz CT molecular complexity index is 292. The molecular formula is C19H38N2O. The second-order valence-electron chi connectivity index (χ2n) is 7.76. The molecule has 0 aromatic heterocycles. The summed E-state index contributed by atoms with van der Waals surface area (Å²) < 4.78 is 5.98. The summed E-state index contributed by atoms with van der Waals surface area (Å²) in [6.07, 6.45) is 7.62. The van der Waals surface area contributed by atoms with Gasteiger partial charge in [-0.2, -0.15) is 0 Å². The van der Waals surface area contributed by atoms with Crippen molar-refractivity contribution < 1.29 is 4.74 Å². The van der Waals surface area contributed by atoms with Gasteiger partial charge in [-0.3, -0.25) is 0 Å². The SMILES string of the molecule is CCN1CCN(CC[C@H](C)[C@H]2CC[C@H](OC(C)C)CC2)CC1. The average Bonchev–Trinajstić information content (AvgIpc) is 2.53. The standard InChI is InChI=1S/C19H38N2O/c1-5-20-12-14-21(15-13-20)11-10-17(4)18-6-8-19(9-7-18)22-16(2)3/h16-19H,5-15H2,1-4H3/t17-,18-,19-/m0/s1. The minimum absolute atomic E-state index is 0.390. The van der Waals surface area contributed by atoms with Crippen LogP contribution in [0.3, 0.4) is 0 Å². The largest absolute Gasteiger partial charge is 0.376 e. The molecule has 1 atom stereocenters. The first-order chi connectivity index (χ1) is 10.6. The van der Waals surface area contributed by atoms with Crippen LogP contribution in [0, 0.1) is 11.8 Å². The topological polar surface area (TPSA) is 15.7 Å². The molecular weight excluding hydrogens is 272 g/mol. The first kappa shape index (κ1) is 18.2. The van der Waals surface area contributed by atoms with Crippen LogP contribution in [0.4, 0.5) is 0 Å². The molecule has 0 spiro atoms. The number of ether oxygens (including phenoxy) is 1. The Kier molecular flexibility index (Phi) is 7.66. The molecule has 1 aliphatic carbocycles. The zero-order valence-electron chi connectivity index (χ0n) is 15.4. The van der Waals surface area contributed by atoms with E-state index in [1.165, 1.54) is 71.4 Å². The van der Waals surface area contributed by atoms with Gasteiger partial charge in [-0.05, 0) is 70.9 Å². The fourth-order valence-corrected chi connectivity index (χ4v) is 4.13. The van der Waals surface area contributed by atoms with E-state index < -0.39 is 0 Å². The van der Waals surface area contributed by atoms with Crippen LogP contribution < -0.4 is 0 Å². The lowest BCUT2D eigenvalue weighted by molar-refractivity contribution is -0.0244. The van der Waals surface area contributed by atoms with Crippen LogP contribution in [0.2, 0.25) is 0 Å². The van der Waals surface area contributed by atoms with Crippen molar-refractivity contribution >= 4 is 0 Å². The first-order valence-electron chi connectivity index (χ1n) is 9.68. The summed E-state index contributed by atoms with van der Waals surface area (Å²) >= 11 is 0. The van der Waals surface area contributed by atoms with Crippen LogP contribution >= 0.6 is 0 Å². The second-order valence-corrected chi connectivity index (χ2v) is 7.76. The third-order valence-electron chi connectivity index (χ3n) is 5.80. The highest BCUT2D eigenvalue weighted by Crippen LogP contribution is 2.33. The second kappa shape index (κ2) is 9.24. The molecule has 130 valence electrons. The van der Waals surface area contributed by atoms with Crippen molar-refractivity contribution in [3.63, 3.8) is 0 Å². The lowest BCUT2D eigenvalue weighted by atomic mass is 9.78. The maximum absolute atomic E-state index is 5.98. The van der Waals surface area contributed by atoms with Gasteiger partial charge in [0.25, 0.3) is 0 Å². The molecule has 0 amide bonds. The maximum atomic E-state index is 5.98. The summed E-state index contributed by atoms with van der Waals surface area (Å²) in [5.41, 5.74) is 0. The van der Waals surface area contributed by atoms with Gasteiger partial charge in [-0.15, -0.1) is 0 Å². The van der Waals surface area contributed by atoms with Gasteiger partial charge in [-0.1, -0.05) is 13.8 Å². The van der Waals surface area contributed by atoms with Gasteiger partial charge in [0.2, 0.25) is 0 Å². The Morgan fingerprint density at radius 1 is 0.909 bits per heavy atom. The summed E-state index contributed by atoms with van der Waals surface area (Å²) in [7, 11) is 0. The van der Waals surface area contributed by atoms with Gasteiger partial charge in [0, 0.05) is 26.2 Å². The third-order valence-corrected chi connectivity index (χ3v) is 5.80. The van der Waals surface area contributed by atoms with E-state index in [4.69, 9.17) is 4.74 Å². The molecule has 2 aliphatic rings. The zero-order valence-corrected chi connectivity index (χ0v) is 15.4. The van der Waals surface area contributed by atoms with Crippen molar-refractivity contribution in [2.75, 3.05) is 39.3 Å². The molecule has 0 N–H and O–H groups in total. The summed E-state index contributed by atoms with van der Waals surface area (Å²) in [5, 5.41) is 0. The molecule has 2 rings (SSSR count). The molecule has 0 aromatic rings. The highest BCUT2D eigenvalue weighted by atomic mass is 16.5. The third kappa shape index (κ3) is 5.82. The van der Waals surface area contributed by atoms with E-state index in [-0.39, 0.29) is 0 Å². The number of hydrogen-bond donors (Lipinski definition) is 0. The smallest absolute Gasteiger partial charge is 0.0578 e. The van der Waals surface area contributed by atoms with E-state index in [0.717, 1.165) is 11.8 Å². The predicted molar refractivity (Wildman–Crippen MR) is 94.3 cm³/mol. The summed E-state index contributed by atoms with van der Waals surface area (Å²) in [6, 6.07) is 0. The zero-order chi connectivity index (χ0) is 15.9. The number of nitrogens with zero attached hydrogens (tertiary/aromatic N) is 2. The van der Waals surface area contributed by atoms with Crippen LogP contribution in [0.1, 0.15) is 59.8 Å².